The van der Waals surface area contributed by atoms with Crippen LogP contribution >= 0.6 is 15.9 Å². The summed E-state index contributed by atoms with van der Waals surface area (Å²) in [5.74, 6) is 0.341. The van der Waals surface area contributed by atoms with Crippen LogP contribution in [0.5, 0.6) is 5.75 Å². The number of nitrogens with one attached hydrogen (secondary N) is 1. The number of allylic oxidation sites excluding steroid dienone is 1. The Kier molecular flexibility index (Phi) is 7.36. The molecule has 0 aliphatic heterocycles. The zero-order valence-electron chi connectivity index (χ0n) is 16.0. The largest absolute Gasteiger partial charge is 0.483 e. The van der Waals surface area contributed by atoms with Crippen LogP contribution < -0.4 is 10.2 Å². The lowest BCUT2D eigenvalue weighted by Crippen LogP contribution is -2.26. The topological polar surface area (TPSA) is 50.7 Å². The molecule has 0 radical (unpaired) electrons. The SMILES string of the molecule is Cc1cc(Br)ccc1OCC(=O)N/N=C(\C=C\c1ccccc1)c1ccccc1. The Bertz CT molecular complexity index is 1020. The summed E-state index contributed by atoms with van der Waals surface area (Å²) in [5.41, 5.74) is 6.15. The van der Waals surface area contributed by atoms with Crippen molar-refractivity contribution in [2.24, 2.45) is 5.10 Å². The molecule has 5 heteroatoms. The number of hydrogen-bond acceptors (Lipinski definition) is 3. The molecule has 1 amide bonds. The van der Waals surface area contributed by atoms with E-state index in [1.54, 1.807) is 0 Å². The van der Waals surface area contributed by atoms with Crippen LogP contribution in [0.3, 0.4) is 0 Å². The first-order valence-corrected chi connectivity index (χ1v) is 9.95. The highest BCUT2D eigenvalue weighted by atomic mass is 79.9. The summed E-state index contributed by atoms with van der Waals surface area (Å²) in [7, 11) is 0. The minimum absolute atomic E-state index is 0.115. The Balaban J connectivity index is 1.68. The lowest BCUT2D eigenvalue weighted by atomic mass is 10.1. The smallest absolute Gasteiger partial charge is 0.277 e. The Morgan fingerprint density at radius 1 is 1.03 bits per heavy atom. The van der Waals surface area contributed by atoms with Crippen molar-refractivity contribution in [3.8, 4) is 5.75 Å². The van der Waals surface area contributed by atoms with Crippen LogP contribution in [-0.4, -0.2) is 18.2 Å². The predicted molar refractivity (Wildman–Crippen MR) is 121 cm³/mol. The Hall–Kier alpha value is -3.18. The molecule has 0 aromatic heterocycles. The third kappa shape index (κ3) is 6.43. The predicted octanol–water partition coefficient (Wildman–Crippen LogP) is 5.37. The Morgan fingerprint density at radius 2 is 1.72 bits per heavy atom. The lowest BCUT2D eigenvalue weighted by molar-refractivity contribution is -0.123. The maximum absolute atomic E-state index is 12.2. The van der Waals surface area contributed by atoms with Gasteiger partial charge in [0.25, 0.3) is 5.91 Å². The van der Waals surface area contributed by atoms with E-state index in [4.69, 9.17) is 4.74 Å². The molecule has 146 valence electrons. The number of hydrogen-bond donors (Lipinski definition) is 1. The molecule has 0 atom stereocenters. The molecule has 3 aromatic rings. The molecule has 1 N–H and O–H groups in total. The van der Waals surface area contributed by atoms with Gasteiger partial charge in [0.05, 0.1) is 5.71 Å². The molecule has 4 nitrogen and oxygen atoms in total. The van der Waals surface area contributed by atoms with Gasteiger partial charge < -0.3 is 4.74 Å². The van der Waals surface area contributed by atoms with Crippen molar-refractivity contribution in [1.82, 2.24) is 5.43 Å². The van der Waals surface area contributed by atoms with E-state index in [1.807, 2.05) is 97.9 Å². The molecule has 3 aromatic carbocycles. The van der Waals surface area contributed by atoms with Gasteiger partial charge in [-0.15, -0.1) is 0 Å². The van der Waals surface area contributed by atoms with E-state index in [-0.39, 0.29) is 12.5 Å². The molecule has 29 heavy (non-hydrogen) atoms. The van der Waals surface area contributed by atoms with Crippen LogP contribution in [0.1, 0.15) is 16.7 Å². The van der Waals surface area contributed by atoms with Gasteiger partial charge in [-0.25, -0.2) is 5.43 Å². The molecule has 0 aliphatic carbocycles. The summed E-state index contributed by atoms with van der Waals surface area (Å²) in [6.45, 7) is 1.81. The van der Waals surface area contributed by atoms with Crippen LogP contribution in [0.2, 0.25) is 0 Å². The fraction of sp³-hybridized carbons (Fsp3) is 0.0833. The average Bonchev–Trinajstić information content (AvgIpc) is 2.74. The number of hydrazone groups is 1. The van der Waals surface area contributed by atoms with Gasteiger partial charge in [0.15, 0.2) is 6.61 Å². The summed E-state index contributed by atoms with van der Waals surface area (Å²) in [6.07, 6.45) is 3.84. The van der Waals surface area contributed by atoms with E-state index < -0.39 is 0 Å². The van der Waals surface area contributed by atoms with E-state index in [9.17, 15) is 4.79 Å². The molecule has 0 saturated carbocycles. The number of benzene rings is 3. The number of carbonyl (C=O) groups is 1. The summed E-state index contributed by atoms with van der Waals surface area (Å²) >= 11 is 3.41. The molecule has 0 saturated heterocycles. The fourth-order valence-corrected chi connectivity index (χ4v) is 3.09. The number of nitrogens with zero attached hydrogens (tertiary/aromatic N) is 1. The molecule has 0 spiro atoms. The van der Waals surface area contributed by atoms with E-state index >= 15 is 0 Å². The number of rotatable bonds is 7. The second kappa shape index (κ2) is 10.4. The Labute approximate surface area is 179 Å². The minimum Gasteiger partial charge on any atom is -0.483 e. The number of halogens is 1. The third-order valence-corrected chi connectivity index (χ3v) is 4.59. The summed E-state index contributed by atoms with van der Waals surface area (Å²) in [6, 6.07) is 25.3. The summed E-state index contributed by atoms with van der Waals surface area (Å²) < 4.78 is 6.57. The van der Waals surface area contributed by atoms with Crippen molar-refractivity contribution >= 4 is 33.6 Å². The zero-order valence-corrected chi connectivity index (χ0v) is 17.6. The van der Waals surface area contributed by atoms with Crippen LogP contribution in [0, 0.1) is 6.92 Å². The molecular formula is C24H21BrN2O2. The first-order chi connectivity index (χ1) is 14.1. The number of carbonyl (C=O) groups excluding carboxylic acids is 1. The summed E-state index contributed by atoms with van der Waals surface area (Å²) in [4.78, 5) is 12.2. The third-order valence-electron chi connectivity index (χ3n) is 4.10. The highest BCUT2D eigenvalue weighted by Crippen LogP contribution is 2.21. The van der Waals surface area contributed by atoms with Crippen molar-refractivity contribution in [1.29, 1.82) is 0 Å². The van der Waals surface area contributed by atoms with Crippen molar-refractivity contribution < 1.29 is 9.53 Å². The van der Waals surface area contributed by atoms with Crippen molar-refractivity contribution in [3.05, 3.63) is 106 Å². The van der Waals surface area contributed by atoms with Gasteiger partial charge in [0.2, 0.25) is 0 Å². The monoisotopic (exact) mass is 448 g/mol. The molecule has 0 fully saturated rings. The normalized spacial score (nSPS) is 11.4. The summed E-state index contributed by atoms with van der Waals surface area (Å²) in [5, 5.41) is 4.30. The van der Waals surface area contributed by atoms with Gasteiger partial charge in [-0.3, -0.25) is 4.79 Å². The fourth-order valence-electron chi connectivity index (χ4n) is 2.62. The molecule has 0 unspecified atom stereocenters. The first-order valence-electron chi connectivity index (χ1n) is 9.16. The molecular weight excluding hydrogens is 428 g/mol. The van der Waals surface area contributed by atoms with Crippen LogP contribution in [0.25, 0.3) is 6.08 Å². The highest BCUT2D eigenvalue weighted by Gasteiger charge is 2.06. The van der Waals surface area contributed by atoms with E-state index in [0.29, 0.717) is 11.5 Å². The second-order valence-electron chi connectivity index (χ2n) is 6.34. The van der Waals surface area contributed by atoms with Crippen molar-refractivity contribution in [2.45, 2.75) is 6.92 Å². The quantitative estimate of drug-likeness (QED) is 0.390. The van der Waals surface area contributed by atoms with Gasteiger partial charge in [-0.05, 0) is 42.3 Å². The maximum atomic E-state index is 12.2. The van der Waals surface area contributed by atoms with Gasteiger partial charge in [-0.2, -0.15) is 5.10 Å². The van der Waals surface area contributed by atoms with Gasteiger partial charge >= 0.3 is 0 Å². The number of ether oxygens (including phenoxy) is 1. The van der Waals surface area contributed by atoms with E-state index in [1.165, 1.54) is 0 Å². The van der Waals surface area contributed by atoms with Crippen LogP contribution in [0.15, 0.2) is 94.5 Å². The van der Waals surface area contributed by atoms with Crippen LogP contribution in [-0.2, 0) is 4.79 Å². The second-order valence-corrected chi connectivity index (χ2v) is 7.26. The molecule has 0 bridgehead atoms. The average molecular weight is 449 g/mol. The maximum Gasteiger partial charge on any atom is 0.277 e. The minimum atomic E-state index is -0.325. The van der Waals surface area contributed by atoms with Gasteiger partial charge in [-0.1, -0.05) is 82.7 Å². The highest BCUT2D eigenvalue weighted by molar-refractivity contribution is 9.10. The molecule has 0 heterocycles. The van der Waals surface area contributed by atoms with E-state index in [2.05, 4.69) is 26.5 Å². The number of amides is 1. The van der Waals surface area contributed by atoms with Gasteiger partial charge in [0.1, 0.15) is 5.75 Å². The molecule has 3 rings (SSSR count). The Morgan fingerprint density at radius 3 is 2.41 bits per heavy atom. The first kappa shape index (κ1) is 20.6. The standard InChI is InChI=1S/C24H21BrN2O2/c1-18-16-21(25)13-15-23(18)29-17-24(28)27-26-22(20-10-6-3-7-11-20)14-12-19-8-4-2-5-9-19/h2-16H,17H2,1H3,(H,27,28)/b14-12+,26-22+. The van der Waals surface area contributed by atoms with Crippen LogP contribution in [0.4, 0.5) is 0 Å². The zero-order chi connectivity index (χ0) is 20.5. The molecule has 0 aliphatic rings. The van der Waals surface area contributed by atoms with E-state index in [0.717, 1.165) is 21.2 Å². The lowest BCUT2D eigenvalue weighted by Gasteiger charge is -2.09. The van der Waals surface area contributed by atoms with Crippen molar-refractivity contribution in [3.63, 3.8) is 0 Å². The van der Waals surface area contributed by atoms with Crippen molar-refractivity contribution in [2.75, 3.05) is 6.61 Å². The number of aryl methyl sites for hydroxylation is 1. The van der Waals surface area contributed by atoms with Gasteiger partial charge in [0, 0.05) is 10.0 Å².